The molecule has 0 atom stereocenters. The predicted octanol–water partition coefficient (Wildman–Crippen LogP) is 11.0. The van der Waals surface area contributed by atoms with Gasteiger partial charge in [-0.1, -0.05) is 23.4 Å². The van der Waals surface area contributed by atoms with Gasteiger partial charge >= 0.3 is 0 Å². The third-order valence-corrected chi connectivity index (χ3v) is 7.23. The van der Waals surface area contributed by atoms with Gasteiger partial charge in [0, 0.05) is 122 Å². The van der Waals surface area contributed by atoms with Gasteiger partial charge in [0.25, 0.3) is 0 Å². The zero-order chi connectivity index (χ0) is 48.8. The molecule has 0 amide bonds. The van der Waals surface area contributed by atoms with Crippen molar-refractivity contribution in [3.05, 3.63) is 286 Å². The fraction of sp³-hybridized carbons (Fsp3) is 0. The van der Waals surface area contributed by atoms with Gasteiger partial charge in [-0.15, -0.1) is 11.3 Å². The van der Waals surface area contributed by atoms with Crippen LogP contribution in [0.25, 0.3) is 0 Å². The van der Waals surface area contributed by atoms with Crippen LogP contribution in [0.5, 0.6) is 0 Å². The zero-order valence-electron chi connectivity index (χ0n) is 36.9. The first-order valence-corrected chi connectivity index (χ1v) is 22.4. The summed E-state index contributed by atoms with van der Waals surface area (Å²) < 4.78 is 17.2. The Labute approximate surface area is 411 Å². The molecular formula is C47H50N16O3S3. The minimum absolute atomic E-state index is 1.38. The minimum Gasteiger partial charge on any atom is -0.473 e. The van der Waals surface area contributed by atoms with Gasteiger partial charge in [-0.3, -0.25) is 25.0 Å². The van der Waals surface area contributed by atoms with Crippen molar-refractivity contribution in [3.8, 4) is 0 Å². The molecule has 354 valence electrons. The van der Waals surface area contributed by atoms with Gasteiger partial charge in [0.1, 0.15) is 18.9 Å². The van der Waals surface area contributed by atoms with Crippen LogP contribution in [0.4, 0.5) is 0 Å². The minimum atomic E-state index is 1.38. The predicted molar refractivity (Wildman–Crippen MR) is 269 cm³/mol. The standard InChI is InChI=1S/C5H5N.3C4H4N2.C4H5N.C4H4O.C4H4S.2C3H4N2.2C3H3NO.2C3H3NS/c1-2-4-6-5-3-1;1-2-6-4-3-5-1;1-2-5-4-6-3-1;1-2-4-6-5-3-1;3*1-2-4-5-3-1;1-2-5-3-4-1;1-2-4-5-3-1;1-2-5-3-4-1;1-2-4-5-3-1;1-2-5-3-4-1;1-2-4-5-3-1/h1-5H;3*1-4H;1-5H;2*1-4H;2*1-3H,(H,4,5);4*1-3H. The molecule has 0 aliphatic heterocycles. The third kappa shape index (κ3) is 53.0. The normalized spacial score (nSPS) is 8.00. The lowest BCUT2D eigenvalue weighted by atomic mass is 10.5. The monoisotopic (exact) mass is 982 g/mol. The van der Waals surface area contributed by atoms with Crippen LogP contribution in [0, 0.1) is 0 Å². The number of aromatic amines is 3. The van der Waals surface area contributed by atoms with Crippen LogP contribution in [0.15, 0.2) is 299 Å². The average Bonchev–Trinajstić information content (AvgIpc) is 4.31. The first-order chi connectivity index (χ1) is 34.5. The molecule has 0 spiro atoms. The van der Waals surface area contributed by atoms with Crippen LogP contribution < -0.4 is 0 Å². The number of furan rings is 1. The smallest absolute Gasteiger partial charge is 0.180 e. The topological polar surface area (TPSA) is 254 Å². The summed E-state index contributed by atoms with van der Waals surface area (Å²) in [7, 11) is 0. The molecule has 0 bridgehead atoms. The molecule has 0 unspecified atom stereocenters. The lowest BCUT2D eigenvalue weighted by Gasteiger charge is -1.70. The molecule has 0 aliphatic carbocycles. The molecule has 3 N–H and O–H groups in total. The van der Waals surface area contributed by atoms with Crippen LogP contribution in [0.2, 0.25) is 0 Å². The molecule has 0 saturated heterocycles. The summed E-state index contributed by atoms with van der Waals surface area (Å²) in [6.45, 7) is 0. The molecule has 13 aromatic heterocycles. The second kappa shape index (κ2) is 54.9. The molecule has 0 aliphatic rings. The molecule has 22 heteroatoms. The number of imidazole rings is 1. The van der Waals surface area contributed by atoms with Crippen LogP contribution in [-0.2, 0) is 0 Å². The molecule has 0 fully saturated rings. The SMILES string of the molecule is c1c[nH]cn1.c1cc[nH]c1.c1ccncc1.c1ccnnc1.c1ccoc1.c1ccsc1.c1cn[nH]c1.c1cnccn1.c1cncnc1.c1cnoc1.c1cnsc1.c1cocn1.c1cscn1. The van der Waals surface area contributed by atoms with E-state index in [0.29, 0.717) is 0 Å². The maximum Gasteiger partial charge on any atom is 0.180 e. The molecule has 69 heavy (non-hydrogen) atoms. The van der Waals surface area contributed by atoms with Gasteiger partial charge in [-0.2, -0.15) is 26.6 Å². The van der Waals surface area contributed by atoms with Crippen molar-refractivity contribution in [2.45, 2.75) is 0 Å². The van der Waals surface area contributed by atoms with Gasteiger partial charge in [0.15, 0.2) is 6.39 Å². The van der Waals surface area contributed by atoms with Crippen molar-refractivity contribution in [3.63, 3.8) is 0 Å². The number of aromatic nitrogens is 16. The Kier molecular flexibility index (Phi) is 45.9. The maximum atomic E-state index is 4.58. The Morgan fingerprint density at radius 2 is 1.07 bits per heavy atom. The van der Waals surface area contributed by atoms with E-state index in [1.807, 2.05) is 113 Å². The van der Waals surface area contributed by atoms with E-state index in [4.69, 9.17) is 0 Å². The Balaban J connectivity index is 0.000000374. The summed E-state index contributed by atoms with van der Waals surface area (Å²) in [4.78, 5) is 35.2. The van der Waals surface area contributed by atoms with E-state index >= 15 is 0 Å². The third-order valence-electron chi connectivity index (χ3n) is 5.55. The lowest BCUT2D eigenvalue weighted by molar-refractivity contribution is 0.420. The van der Waals surface area contributed by atoms with Crippen LogP contribution in [0.1, 0.15) is 0 Å². The second-order valence-electron chi connectivity index (χ2n) is 10.5. The summed E-state index contributed by atoms with van der Waals surface area (Å²) in [6.07, 6.45) is 44.9. The number of pyridine rings is 1. The first-order valence-electron chi connectivity index (χ1n) is 19.7. The van der Waals surface area contributed by atoms with Crippen molar-refractivity contribution in [2.24, 2.45) is 0 Å². The lowest BCUT2D eigenvalue weighted by Crippen LogP contribution is -1.69. The fourth-order valence-electron chi connectivity index (χ4n) is 2.94. The van der Waals surface area contributed by atoms with Gasteiger partial charge in [-0.05, 0) is 95.1 Å². The van der Waals surface area contributed by atoms with Crippen molar-refractivity contribution in [1.82, 2.24) is 79.8 Å². The maximum absolute atomic E-state index is 4.58. The fourth-order valence-corrected chi connectivity index (χ4v) is 4.09. The summed E-state index contributed by atoms with van der Waals surface area (Å²) in [6, 6.07) is 28.2. The van der Waals surface area contributed by atoms with Crippen molar-refractivity contribution < 1.29 is 13.4 Å². The van der Waals surface area contributed by atoms with Crippen molar-refractivity contribution in [1.29, 1.82) is 0 Å². The highest BCUT2D eigenvalue weighted by atomic mass is 32.1. The number of rotatable bonds is 0. The van der Waals surface area contributed by atoms with Crippen molar-refractivity contribution in [2.75, 3.05) is 0 Å². The zero-order valence-corrected chi connectivity index (χ0v) is 39.3. The summed E-state index contributed by atoms with van der Waals surface area (Å²) in [5.74, 6) is 0. The number of hydrogen-bond donors (Lipinski definition) is 3. The van der Waals surface area contributed by atoms with Gasteiger partial charge in [-0.25, -0.2) is 24.3 Å². The number of nitrogens with one attached hydrogen (secondary N) is 3. The number of nitrogens with zero attached hydrogens (tertiary/aromatic N) is 13. The highest BCUT2D eigenvalue weighted by Gasteiger charge is 1.65. The van der Waals surface area contributed by atoms with Gasteiger partial charge in [0.05, 0.1) is 36.8 Å². The number of thiophene rings is 1. The van der Waals surface area contributed by atoms with Crippen LogP contribution in [0.3, 0.4) is 0 Å². The van der Waals surface area contributed by atoms with Gasteiger partial charge in [0.2, 0.25) is 0 Å². The number of hydrogen-bond acceptors (Lipinski definition) is 19. The van der Waals surface area contributed by atoms with E-state index in [0.717, 1.165) is 0 Å². The van der Waals surface area contributed by atoms with Gasteiger partial charge < -0.3 is 23.3 Å². The van der Waals surface area contributed by atoms with E-state index in [-0.39, 0.29) is 0 Å². The quantitative estimate of drug-likeness (QED) is 0.128. The Morgan fingerprint density at radius 1 is 0.362 bits per heavy atom. The highest BCUT2D eigenvalue weighted by Crippen LogP contribution is 1.91. The molecule has 0 saturated carbocycles. The molecule has 19 nitrogen and oxygen atoms in total. The Bertz CT molecular complexity index is 1720. The highest BCUT2D eigenvalue weighted by molar-refractivity contribution is 7.07. The van der Waals surface area contributed by atoms with E-state index in [9.17, 15) is 0 Å². The van der Waals surface area contributed by atoms with Crippen molar-refractivity contribution >= 4 is 34.2 Å². The molecule has 13 heterocycles. The summed E-state index contributed by atoms with van der Waals surface area (Å²) >= 11 is 4.78. The largest absolute Gasteiger partial charge is 0.473 e. The van der Waals surface area contributed by atoms with Crippen LogP contribution >= 0.6 is 34.2 Å². The molecule has 13 aromatic rings. The first kappa shape index (κ1) is 57.8. The number of thiazole rings is 1. The molecular weight excluding hydrogens is 933 g/mol. The molecule has 0 aromatic carbocycles. The van der Waals surface area contributed by atoms with E-state index in [2.05, 4.69) is 93.1 Å². The second-order valence-corrected chi connectivity index (χ2v) is 12.7. The van der Waals surface area contributed by atoms with Crippen LogP contribution in [-0.4, -0.2) is 79.8 Å². The van der Waals surface area contributed by atoms with E-state index in [1.54, 1.807) is 171 Å². The summed E-state index contributed by atoms with van der Waals surface area (Å²) in [5, 5.41) is 24.6. The molecule has 0 radical (unpaired) electrons. The average molecular weight is 983 g/mol. The summed E-state index contributed by atoms with van der Waals surface area (Å²) in [5.41, 5.74) is 1.79. The molecule has 13 rings (SSSR count). The number of oxazole rings is 1. The van der Waals surface area contributed by atoms with E-state index < -0.39 is 0 Å². The Morgan fingerprint density at radius 3 is 1.26 bits per heavy atom. The number of H-pyrrole nitrogens is 3. The van der Waals surface area contributed by atoms with E-state index in [1.165, 1.54) is 36.8 Å². The Hall–Kier alpha value is -9.25.